The number of anilines is 1. The van der Waals surface area contributed by atoms with Gasteiger partial charge in [0.05, 0.1) is 12.8 Å². The van der Waals surface area contributed by atoms with Crippen molar-refractivity contribution in [3.05, 3.63) is 72.3 Å². The van der Waals surface area contributed by atoms with E-state index in [1.54, 1.807) is 7.11 Å². The van der Waals surface area contributed by atoms with Gasteiger partial charge in [-0.2, -0.15) is 0 Å². The number of nitrogens with one attached hydrogen (secondary N) is 1. The van der Waals surface area contributed by atoms with Crippen LogP contribution in [0.15, 0.2) is 61.2 Å². The first kappa shape index (κ1) is 16.1. The van der Waals surface area contributed by atoms with Gasteiger partial charge in [0.1, 0.15) is 5.75 Å². The first-order valence-corrected chi connectivity index (χ1v) is 7.48. The average Bonchev–Trinajstić information content (AvgIpc) is 2.55. The molecule has 2 rings (SSSR count). The van der Waals surface area contributed by atoms with Gasteiger partial charge >= 0.3 is 0 Å². The molecule has 0 aliphatic rings. The lowest BCUT2D eigenvalue weighted by Gasteiger charge is -2.22. The van der Waals surface area contributed by atoms with Crippen molar-refractivity contribution in [2.45, 2.75) is 13.1 Å². The number of hydrogen-bond acceptors (Lipinski definition) is 3. The van der Waals surface area contributed by atoms with E-state index in [9.17, 15) is 0 Å². The van der Waals surface area contributed by atoms with E-state index in [4.69, 9.17) is 4.74 Å². The van der Waals surface area contributed by atoms with E-state index in [1.165, 1.54) is 11.1 Å². The van der Waals surface area contributed by atoms with Crippen LogP contribution in [0.25, 0.3) is 0 Å². The fraction of sp³-hybridized carbons (Fsp3) is 0.263. The predicted octanol–water partition coefficient (Wildman–Crippen LogP) is 3.61. The molecule has 0 atom stereocenters. The molecule has 0 bridgehead atoms. The van der Waals surface area contributed by atoms with Crippen LogP contribution >= 0.6 is 0 Å². The number of methoxy groups -OCH3 is 1. The van der Waals surface area contributed by atoms with Gasteiger partial charge in [0.25, 0.3) is 0 Å². The third-order valence-corrected chi connectivity index (χ3v) is 3.54. The molecule has 0 aromatic heterocycles. The van der Waals surface area contributed by atoms with E-state index in [2.05, 4.69) is 66.3 Å². The van der Waals surface area contributed by atoms with Crippen molar-refractivity contribution in [3.63, 3.8) is 0 Å². The largest absolute Gasteiger partial charge is 0.495 e. The van der Waals surface area contributed by atoms with E-state index in [-0.39, 0.29) is 0 Å². The Labute approximate surface area is 133 Å². The number of rotatable bonds is 8. The minimum absolute atomic E-state index is 0.804. The average molecular weight is 296 g/mol. The van der Waals surface area contributed by atoms with E-state index >= 15 is 0 Å². The third kappa shape index (κ3) is 4.37. The van der Waals surface area contributed by atoms with Gasteiger partial charge < -0.3 is 15.0 Å². The predicted molar refractivity (Wildman–Crippen MR) is 93.4 cm³/mol. The molecule has 0 saturated heterocycles. The molecule has 0 unspecified atom stereocenters. The second-order valence-electron chi connectivity index (χ2n) is 5.27. The van der Waals surface area contributed by atoms with Crippen LogP contribution in [-0.4, -0.2) is 20.7 Å². The highest BCUT2D eigenvalue weighted by molar-refractivity contribution is 5.59. The Morgan fingerprint density at radius 3 is 2.59 bits per heavy atom. The van der Waals surface area contributed by atoms with Crippen molar-refractivity contribution < 1.29 is 4.74 Å². The second kappa shape index (κ2) is 8.25. The van der Waals surface area contributed by atoms with Crippen LogP contribution in [0, 0.1) is 0 Å². The van der Waals surface area contributed by atoms with E-state index in [0.717, 1.165) is 31.1 Å². The summed E-state index contributed by atoms with van der Waals surface area (Å²) in [5.74, 6) is 0.899. The summed E-state index contributed by atoms with van der Waals surface area (Å²) in [6, 6.07) is 16.8. The third-order valence-electron chi connectivity index (χ3n) is 3.54. The summed E-state index contributed by atoms with van der Waals surface area (Å²) >= 11 is 0. The fourth-order valence-corrected chi connectivity index (χ4v) is 2.41. The van der Waals surface area contributed by atoms with Crippen molar-refractivity contribution in [3.8, 4) is 5.75 Å². The molecule has 1 N–H and O–H groups in total. The summed E-state index contributed by atoms with van der Waals surface area (Å²) in [7, 11) is 3.80. The Kier molecular flexibility index (Phi) is 6.04. The number of ether oxygens (including phenoxy) is 1. The summed E-state index contributed by atoms with van der Waals surface area (Å²) in [5.41, 5.74) is 3.58. The lowest BCUT2D eigenvalue weighted by Crippen LogP contribution is -2.18. The maximum atomic E-state index is 5.56. The van der Waals surface area contributed by atoms with Crippen molar-refractivity contribution in [1.29, 1.82) is 0 Å². The monoisotopic (exact) mass is 296 g/mol. The smallest absolute Gasteiger partial charge is 0.142 e. The molecule has 0 radical (unpaired) electrons. The quantitative estimate of drug-likeness (QED) is 0.595. The minimum atomic E-state index is 0.804. The van der Waals surface area contributed by atoms with Crippen LogP contribution in [-0.2, 0) is 13.1 Å². The van der Waals surface area contributed by atoms with E-state index < -0.39 is 0 Å². The summed E-state index contributed by atoms with van der Waals surface area (Å²) < 4.78 is 5.56. The number of hydrogen-bond donors (Lipinski definition) is 1. The highest BCUT2D eigenvalue weighted by Gasteiger charge is 2.09. The second-order valence-corrected chi connectivity index (χ2v) is 5.27. The molecule has 0 amide bonds. The molecule has 3 heteroatoms. The van der Waals surface area contributed by atoms with Crippen LogP contribution in [0.2, 0.25) is 0 Å². The molecular formula is C19H24N2O. The molecule has 3 nitrogen and oxygen atoms in total. The highest BCUT2D eigenvalue weighted by Crippen LogP contribution is 2.29. The Hall–Kier alpha value is -2.26. The Bertz CT molecular complexity index is 596. The highest BCUT2D eigenvalue weighted by atomic mass is 16.5. The Morgan fingerprint density at radius 2 is 1.91 bits per heavy atom. The Balaban J connectivity index is 2.10. The van der Waals surface area contributed by atoms with E-state index in [1.807, 2.05) is 12.1 Å². The summed E-state index contributed by atoms with van der Waals surface area (Å²) in [5, 5.41) is 3.30. The normalized spacial score (nSPS) is 10.3. The maximum absolute atomic E-state index is 5.56. The SMILES string of the molecule is C=CCNCc1ccc(N(C)Cc2ccccc2)c(OC)c1. The first-order chi connectivity index (χ1) is 10.7. The molecule has 0 aliphatic carbocycles. The lowest BCUT2D eigenvalue weighted by molar-refractivity contribution is 0.414. The maximum Gasteiger partial charge on any atom is 0.142 e. The number of nitrogens with zero attached hydrogens (tertiary/aromatic N) is 1. The van der Waals surface area contributed by atoms with Gasteiger partial charge in [0.2, 0.25) is 0 Å². The van der Waals surface area contributed by atoms with Gasteiger partial charge in [-0.1, -0.05) is 42.5 Å². The zero-order valence-electron chi connectivity index (χ0n) is 13.4. The molecule has 2 aromatic rings. The zero-order valence-corrected chi connectivity index (χ0v) is 13.4. The minimum Gasteiger partial charge on any atom is -0.495 e. The standard InChI is InChI=1S/C19H24N2O/c1-4-12-20-14-17-10-11-18(19(13-17)22-3)21(2)15-16-8-6-5-7-9-16/h4-11,13,20H,1,12,14-15H2,2-3H3. The fourth-order valence-electron chi connectivity index (χ4n) is 2.41. The van der Waals surface area contributed by atoms with Gasteiger partial charge in [0.15, 0.2) is 0 Å². The van der Waals surface area contributed by atoms with Gasteiger partial charge in [-0.25, -0.2) is 0 Å². The molecule has 116 valence electrons. The van der Waals surface area contributed by atoms with Crippen LogP contribution in [0.3, 0.4) is 0 Å². The van der Waals surface area contributed by atoms with Crippen LogP contribution in [0.5, 0.6) is 5.75 Å². The summed E-state index contributed by atoms with van der Waals surface area (Å²) in [6.45, 7) is 6.18. The molecule has 0 saturated carbocycles. The summed E-state index contributed by atoms with van der Waals surface area (Å²) in [6.07, 6.45) is 1.86. The van der Waals surface area contributed by atoms with Crippen molar-refractivity contribution in [2.24, 2.45) is 0 Å². The van der Waals surface area contributed by atoms with Gasteiger partial charge in [0, 0.05) is 26.7 Å². The molecule has 2 aromatic carbocycles. The molecule has 0 heterocycles. The molecule has 0 fully saturated rings. The topological polar surface area (TPSA) is 24.5 Å². The molecule has 22 heavy (non-hydrogen) atoms. The molecule has 0 aliphatic heterocycles. The zero-order chi connectivity index (χ0) is 15.8. The van der Waals surface area contributed by atoms with Gasteiger partial charge in [-0.05, 0) is 23.3 Å². The van der Waals surface area contributed by atoms with Gasteiger partial charge in [-0.15, -0.1) is 6.58 Å². The van der Waals surface area contributed by atoms with Crippen LogP contribution in [0.4, 0.5) is 5.69 Å². The Morgan fingerprint density at radius 1 is 1.14 bits per heavy atom. The van der Waals surface area contributed by atoms with E-state index in [0.29, 0.717) is 0 Å². The van der Waals surface area contributed by atoms with Crippen LogP contribution < -0.4 is 15.0 Å². The van der Waals surface area contributed by atoms with Crippen molar-refractivity contribution in [1.82, 2.24) is 5.32 Å². The van der Waals surface area contributed by atoms with Crippen LogP contribution in [0.1, 0.15) is 11.1 Å². The number of benzene rings is 2. The van der Waals surface area contributed by atoms with Crippen molar-refractivity contribution in [2.75, 3.05) is 25.6 Å². The van der Waals surface area contributed by atoms with Gasteiger partial charge in [-0.3, -0.25) is 0 Å². The molecule has 0 spiro atoms. The summed E-state index contributed by atoms with van der Waals surface area (Å²) in [4.78, 5) is 2.20. The molecular weight excluding hydrogens is 272 g/mol. The van der Waals surface area contributed by atoms with Crippen molar-refractivity contribution >= 4 is 5.69 Å². The lowest BCUT2D eigenvalue weighted by atomic mass is 10.1. The first-order valence-electron chi connectivity index (χ1n) is 7.48.